The van der Waals surface area contributed by atoms with Crippen molar-refractivity contribution in [2.45, 2.75) is 65.2 Å². The van der Waals surface area contributed by atoms with E-state index < -0.39 is 126 Å². The first kappa shape index (κ1) is 60.6. The second-order valence-corrected chi connectivity index (χ2v) is 21.0. The Balaban J connectivity index is 1.22. The number of esters is 7. The van der Waals surface area contributed by atoms with Crippen molar-refractivity contribution in [3.8, 4) is 0 Å². The summed E-state index contributed by atoms with van der Waals surface area (Å²) in [7, 11) is 0. The van der Waals surface area contributed by atoms with Gasteiger partial charge in [0.05, 0.1) is 38.9 Å². The van der Waals surface area contributed by atoms with Gasteiger partial charge in [0, 0.05) is 0 Å². The minimum Gasteiger partial charge on any atom is -0.459 e. The third kappa shape index (κ3) is 15.8. The molecule has 7 aromatic carbocycles. The van der Waals surface area contributed by atoms with Crippen LogP contribution in [0.15, 0.2) is 212 Å². The van der Waals surface area contributed by atoms with Crippen molar-refractivity contribution in [1.82, 2.24) is 0 Å². The summed E-state index contributed by atoms with van der Waals surface area (Å²) in [5, 5.41) is 8.84. The van der Waals surface area contributed by atoms with Gasteiger partial charge in [-0.25, -0.2) is 33.6 Å². The highest BCUT2D eigenvalue weighted by Gasteiger charge is 2.59. The van der Waals surface area contributed by atoms with Crippen LogP contribution in [-0.4, -0.2) is 126 Å². The van der Waals surface area contributed by atoms with Gasteiger partial charge in [-0.05, 0) is 84.9 Å². The molecule has 0 radical (unpaired) electrons. The Labute approximate surface area is 500 Å². The highest BCUT2D eigenvalue weighted by atomic mass is 35.6. The standard InChI is InChI=1S/C63H50Cl3NO18/c64-63(65,66)62(67)85-61-52(50(82-58(73)43-32-18-6-19-33-43)48(80-56(71)41-28-14-4-15-29-41)46(78-61)37-76-54(69)39-24-10-2-11-25-39)84-60-51(83-59(74)44-34-20-7-21-35-44)49(81-57(72)42-30-16-5-17-31-42)47(79-55(70)40-26-12-3-13-27-40)45(77-60)36-75-53(68)38-22-8-1-9-23-38/h1-35,45-52,60-61,67H,36-37H2/t45-,46-,47-,48-,49+,50+,51+,52+,60-,61-/m1/s1. The maximum atomic E-state index is 14.6. The summed E-state index contributed by atoms with van der Waals surface area (Å²) in [5.74, 6) is -8.13. The van der Waals surface area contributed by atoms with Gasteiger partial charge in [0.2, 0.25) is 12.2 Å². The molecular formula is C63H50Cl3NO18. The molecule has 2 fully saturated rings. The van der Waals surface area contributed by atoms with E-state index in [-0.39, 0.29) is 38.9 Å². The van der Waals surface area contributed by atoms with Crippen molar-refractivity contribution in [3.05, 3.63) is 251 Å². The molecule has 0 spiro atoms. The summed E-state index contributed by atoms with van der Waals surface area (Å²) >= 11 is 18.7. The molecule has 436 valence electrons. The third-order valence-electron chi connectivity index (χ3n) is 13.0. The Hall–Kier alpha value is -8.95. The molecule has 1 N–H and O–H groups in total. The zero-order valence-corrected chi connectivity index (χ0v) is 46.6. The lowest BCUT2D eigenvalue weighted by molar-refractivity contribution is -0.356. The molecule has 9 rings (SSSR count). The predicted molar refractivity (Wildman–Crippen MR) is 303 cm³/mol. The first-order valence-corrected chi connectivity index (χ1v) is 27.3. The number of carbonyl (C=O) groups excluding carboxylic acids is 7. The number of ether oxygens (including phenoxy) is 11. The van der Waals surface area contributed by atoms with Crippen LogP contribution in [0.25, 0.3) is 0 Å². The van der Waals surface area contributed by atoms with Crippen molar-refractivity contribution in [2.75, 3.05) is 13.2 Å². The lowest BCUT2D eigenvalue weighted by Crippen LogP contribution is -2.67. The lowest BCUT2D eigenvalue weighted by Gasteiger charge is -2.48. The highest BCUT2D eigenvalue weighted by Crippen LogP contribution is 2.39. The Kier molecular flexibility index (Phi) is 20.4. The molecule has 85 heavy (non-hydrogen) atoms. The second kappa shape index (κ2) is 28.6. The average molecular weight is 1220 g/mol. The van der Waals surface area contributed by atoms with Gasteiger partial charge in [0.1, 0.15) is 25.4 Å². The van der Waals surface area contributed by atoms with Crippen LogP contribution in [0, 0.1) is 5.41 Å². The van der Waals surface area contributed by atoms with Crippen LogP contribution in [-0.2, 0) is 52.1 Å². The Morgan fingerprint density at radius 3 is 0.871 bits per heavy atom. The molecule has 0 aliphatic carbocycles. The fourth-order valence-electron chi connectivity index (χ4n) is 8.85. The van der Waals surface area contributed by atoms with Gasteiger partial charge in [-0.2, -0.15) is 0 Å². The van der Waals surface area contributed by atoms with E-state index in [1.807, 2.05) is 0 Å². The largest absolute Gasteiger partial charge is 0.459 e. The van der Waals surface area contributed by atoms with E-state index in [9.17, 15) is 33.6 Å². The van der Waals surface area contributed by atoms with Gasteiger partial charge >= 0.3 is 41.8 Å². The molecule has 0 aromatic heterocycles. The van der Waals surface area contributed by atoms with Gasteiger partial charge in [-0.15, -0.1) is 0 Å². The molecule has 2 aliphatic heterocycles. The SMILES string of the molecule is N=C(O[C@H]1O[C@H](COC(=O)c2ccccc2)[C@@H](OC(=O)c2ccccc2)[C@H](OC(=O)c2ccccc2)[C@@H]1O[C@H]1O[C@H](COC(=O)c2ccccc2)[C@@H](OC(=O)c2ccccc2)[C@H](OC(=O)c2ccccc2)[C@@H]1OC(=O)c1ccccc1)C(Cl)(Cl)Cl. The minimum atomic E-state index is -2.65. The zero-order chi connectivity index (χ0) is 59.9. The van der Waals surface area contributed by atoms with Crippen LogP contribution >= 0.6 is 34.8 Å². The Morgan fingerprint density at radius 2 is 0.576 bits per heavy atom. The van der Waals surface area contributed by atoms with E-state index in [2.05, 4.69) is 0 Å². The van der Waals surface area contributed by atoms with Crippen LogP contribution in [0.1, 0.15) is 72.5 Å². The molecule has 7 aromatic rings. The highest BCUT2D eigenvalue weighted by molar-refractivity contribution is 6.76. The molecule has 19 nitrogen and oxygen atoms in total. The number of nitrogens with one attached hydrogen (secondary N) is 1. The number of benzene rings is 7. The molecule has 0 bridgehead atoms. The van der Waals surface area contributed by atoms with E-state index in [0.29, 0.717) is 0 Å². The first-order chi connectivity index (χ1) is 41.1. The normalized spacial score (nSPS) is 21.8. The summed E-state index contributed by atoms with van der Waals surface area (Å²) in [6, 6.07) is 53.4. The van der Waals surface area contributed by atoms with Gasteiger partial charge < -0.3 is 52.1 Å². The van der Waals surface area contributed by atoms with Gasteiger partial charge in [-0.1, -0.05) is 162 Å². The van der Waals surface area contributed by atoms with Crippen LogP contribution in [0.3, 0.4) is 0 Å². The lowest BCUT2D eigenvalue weighted by atomic mass is 9.95. The molecule has 2 saturated heterocycles. The number of carbonyl (C=O) groups is 7. The summed E-state index contributed by atoms with van der Waals surface area (Å²) < 4.78 is 66.2. The average Bonchev–Trinajstić information content (AvgIpc) is 3.05. The van der Waals surface area contributed by atoms with E-state index >= 15 is 0 Å². The van der Waals surface area contributed by atoms with Crippen LogP contribution in [0.4, 0.5) is 0 Å². The second-order valence-electron chi connectivity index (χ2n) is 18.7. The van der Waals surface area contributed by atoms with Crippen LogP contribution < -0.4 is 0 Å². The van der Waals surface area contributed by atoms with Gasteiger partial charge in [-0.3, -0.25) is 5.41 Å². The topological polar surface area (TPSA) is 245 Å². The zero-order valence-electron chi connectivity index (χ0n) is 44.4. The molecule has 2 heterocycles. The minimum absolute atomic E-state index is 0.00535. The van der Waals surface area contributed by atoms with Crippen LogP contribution in [0.2, 0.25) is 0 Å². The number of rotatable bonds is 19. The molecule has 10 atom stereocenters. The molecule has 0 amide bonds. The van der Waals surface area contributed by atoms with E-state index in [4.69, 9.17) is 92.3 Å². The van der Waals surface area contributed by atoms with E-state index in [0.717, 1.165) is 0 Å². The smallest absolute Gasteiger partial charge is 0.338 e. The maximum absolute atomic E-state index is 14.6. The third-order valence-corrected chi connectivity index (χ3v) is 13.5. The molecular weight excluding hydrogens is 1170 g/mol. The van der Waals surface area contributed by atoms with Crippen molar-refractivity contribution < 1.29 is 85.7 Å². The molecule has 2 aliphatic rings. The first-order valence-electron chi connectivity index (χ1n) is 26.1. The number of hydrogen-bond acceptors (Lipinski definition) is 19. The molecule has 0 saturated carbocycles. The van der Waals surface area contributed by atoms with Crippen molar-refractivity contribution in [2.24, 2.45) is 0 Å². The van der Waals surface area contributed by atoms with E-state index in [1.54, 1.807) is 103 Å². The fourth-order valence-corrected chi connectivity index (χ4v) is 8.98. The molecule has 22 heteroatoms. The predicted octanol–water partition coefficient (Wildman–Crippen LogP) is 10.0. The molecule has 0 unspecified atom stereocenters. The van der Waals surface area contributed by atoms with E-state index in [1.165, 1.54) is 109 Å². The van der Waals surface area contributed by atoms with Gasteiger partial charge in [0.15, 0.2) is 42.9 Å². The van der Waals surface area contributed by atoms with Crippen molar-refractivity contribution >= 4 is 82.5 Å². The number of alkyl halides is 3. The number of halogens is 3. The monoisotopic (exact) mass is 1210 g/mol. The quantitative estimate of drug-likeness (QED) is 0.0260. The van der Waals surface area contributed by atoms with Gasteiger partial charge in [0.25, 0.3) is 3.79 Å². The Morgan fingerprint density at radius 1 is 0.329 bits per heavy atom. The van der Waals surface area contributed by atoms with Crippen molar-refractivity contribution in [1.29, 1.82) is 5.41 Å². The summed E-state index contributed by atoms with van der Waals surface area (Å²) in [6.07, 6.45) is -19.9. The summed E-state index contributed by atoms with van der Waals surface area (Å²) in [5.41, 5.74) is 0.0312. The Bertz CT molecular complexity index is 3420. The maximum Gasteiger partial charge on any atom is 0.338 e. The van der Waals surface area contributed by atoms with Crippen LogP contribution in [0.5, 0.6) is 0 Å². The van der Waals surface area contributed by atoms with Crippen molar-refractivity contribution in [3.63, 3.8) is 0 Å². The number of hydrogen-bond donors (Lipinski definition) is 1. The fraction of sp³-hybridized carbons (Fsp3) is 0.206. The summed E-state index contributed by atoms with van der Waals surface area (Å²) in [6.45, 7) is -1.59. The summed E-state index contributed by atoms with van der Waals surface area (Å²) in [4.78, 5) is 99.8.